The smallest absolute Gasteiger partial charge is 0.118 e. The van der Waals surface area contributed by atoms with E-state index in [9.17, 15) is 0 Å². The Labute approximate surface area is 174 Å². The van der Waals surface area contributed by atoms with E-state index in [1.165, 1.54) is 23.1 Å². The number of benzene rings is 3. The van der Waals surface area contributed by atoms with Crippen molar-refractivity contribution in [3.8, 4) is 5.75 Å². The maximum absolute atomic E-state index is 5.24. The zero-order valence-electron chi connectivity index (χ0n) is 17.1. The first-order valence-electron chi connectivity index (χ1n) is 10.5. The zero-order chi connectivity index (χ0) is 19.9. The Balaban J connectivity index is 1.37. The predicted molar refractivity (Wildman–Crippen MR) is 119 cm³/mol. The molecule has 4 rings (SSSR count). The monoisotopic (exact) mass is 386 g/mol. The average molecular weight is 387 g/mol. The molecule has 0 aliphatic carbocycles. The number of nitrogens with one attached hydrogen (secondary N) is 2. The Bertz CT molecular complexity index is 817. The first-order chi connectivity index (χ1) is 14.3. The van der Waals surface area contributed by atoms with Gasteiger partial charge in [-0.05, 0) is 41.7 Å². The van der Waals surface area contributed by atoms with Crippen LogP contribution in [0.4, 0.5) is 0 Å². The van der Waals surface area contributed by atoms with Crippen molar-refractivity contribution in [2.24, 2.45) is 0 Å². The van der Waals surface area contributed by atoms with E-state index in [1.807, 2.05) is 12.1 Å². The van der Waals surface area contributed by atoms with Gasteiger partial charge in [0, 0.05) is 31.1 Å². The van der Waals surface area contributed by atoms with Gasteiger partial charge in [-0.25, -0.2) is 0 Å². The van der Waals surface area contributed by atoms with Crippen LogP contribution in [0.5, 0.6) is 5.75 Å². The van der Waals surface area contributed by atoms with Gasteiger partial charge in [0.2, 0.25) is 0 Å². The van der Waals surface area contributed by atoms with Crippen molar-refractivity contribution in [2.75, 3.05) is 13.7 Å². The Morgan fingerprint density at radius 2 is 1.48 bits per heavy atom. The van der Waals surface area contributed by atoms with Gasteiger partial charge in [-0.3, -0.25) is 0 Å². The van der Waals surface area contributed by atoms with Crippen molar-refractivity contribution in [1.82, 2.24) is 10.6 Å². The first-order valence-corrected chi connectivity index (χ1v) is 10.5. The van der Waals surface area contributed by atoms with Gasteiger partial charge in [0.1, 0.15) is 5.75 Å². The molecule has 0 spiro atoms. The number of hydrogen-bond acceptors (Lipinski definition) is 3. The minimum atomic E-state index is 0.389. The second-order valence-corrected chi connectivity index (χ2v) is 7.82. The lowest BCUT2D eigenvalue weighted by atomic mass is 9.81. The molecule has 1 saturated heterocycles. The van der Waals surface area contributed by atoms with Crippen LogP contribution in [0.15, 0.2) is 84.9 Å². The van der Waals surface area contributed by atoms with Gasteiger partial charge in [0.15, 0.2) is 0 Å². The van der Waals surface area contributed by atoms with Gasteiger partial charge in [-0.1, -0.05) is 72.8 Å². The fourth-order valence-electron chi connectivity index (χ4n) is 4.32. The van der Waals surface area contributed by atoms with E-state index in [-0.39, 0.29) is 0 Å². The highest BCUT2D eigenvalue weighted by molar-refractivity contribution is 5.34. The van der Waals surface area contributed by atoms with Crippen molar-refractivity contribution >= 4 is 0 Å². The molecule has 1 aliphatic rings. The lowest BCUT2D eigenvalue weighted by Crippen LogP contribution is -2.49. The van der Waals surface area contributed by atoms with Crippen LogP contribution in [0.2, 0.25) is 0 Å². The molecule has 2 atom stereocenters. The Morgan fingerprint density at radius 3 is 2.00 bits per heavy atom. The molecule has 0 saturated carbocycles. The molecule has 2 N–H and O–H groups in total. The second kappa shape index (κ2) is 9.73. The van der Waals surface area contributed by atoms with E-state index < -0.39 is 0 Å². The summed E-state index contributed by atoms with van der Waals surface area (Å²) in [7, 11) is 1.70. The molecule has 0 amide bonds. The predicted octanol–water partition coefficient (Wildman–Crippen LogP) is 4.74. The van der Waals surface area contributed by atoms with Crippen LogP contribution < -0.4 is 15.4 Å². The highest BCUT2D eigenvalue weighted by atomic mass is 16.5. The molecule has 1 heterocycles. The van der Waals surface area contributed by atoms with Crippen LogP contribution >= 0.6 is 0 Å². The van der Waals surface area contributed by atoms with Crippen molar-refractivity contribution in [2.45, 2.75) is 37.4 Å². The molecule has 0 aromatic heterocycles. The number of piperidine rings is 1. The summed E-state index contributed by atoms with van der Waals surface area (Å²) in [4.78, 5) is 0. The van der Waals surface area contributed by atoms with Gasteiger partial charge in [0.25, 0.3) is 0 Å². The highest BCUT2D eigenvalue weighted by Gasteiger charge is 2.29. The van der Waals surface area contributed by atoms with Crippen molar-refractivity contribution in [1.29, 1.82) is 0 Å². The lowest BCUT2D eigenvalue weighted by Gasteiger charge is -2.36. The third-order valence-corrected chi connectivity index (χ3v) is 5.93. The van der Waals surface area contributed by atoms with E-state index in [4.69, 9.17) is 4.74 Å². The summed E-state index contributed by atoms with van der Waals surface area (Å²) in [6, 6.07) is 31.1. The second-order valence-electron chi connectivity index (χ2n) is 7.82. The standard InChI is InChI=1S/C26H30N2O/c1-29-24-15-12-20(13-16-24)18-27-23-14-17-25(28-19-23)26(21-8-4-2-5-9-21)22-10-6-3-7-11-22/h2-13,15-16,23,25-28H,14,17-19H2,1H3/t23-,25-/m1/s1. The summed E-state index contributed by atoms with van der Waals surface area (Å²) < 4.78 is 5.24. The molecule has 0 bridgehead atoms. The topological polar surface area (TPSA) is 33.3 Å². The van der Waals surface area contributed by atoms with E-state index in [1.54, 1.807) is 7.11 Å². The van der Waals surface area contributed by atoms with Gasteiger partial charge < -0.3 is 15.4 Å². The number of methoxy groups -OCH3 is 1. The SMILES string of the molecule is COc1ccc(CN[C@@H]2CC[C@H](C(c3ccccc3)c3ccccc3)NC2)cc1. The highest BCUT2D eigenvalue weighted by Crippen LogP contribution is 2.31. The van der Waals surface area contributed by atoms with E-state index in [0.717, 1.165) is 25.3 Å². The van der Waals surface area contributed by atoms with E-state index in [0.29, 0.717) is 18.0 Å². The molecule has 3 aromatic rings. The molecule has 3 aromatic carbocycles. The van der Waals surface area contributed by atoms with Gasteiger partial charge >= 0.3 is 0 Å². The van der Waals surface area contributed by atoms with E-state index in [2.05, 4.69) is 83.4 Å². The van der Waals surface area contributed by atoms with Crippen LogP contribution in [0.3, 0.4) is 0 Å². The summed E-state index contributed by atoms with van der Waals surface area (Å²) in [6.45, 7) is 1.89. The van der Waals surface area contributed by atoms with Crippen molar-refractivity contribution in [3.63, 3.8) is 0 Å². The minimum Gasteiger partial charge on any atom is -0.497 e. The molecule has 0 unspecified atom stereocenters. The maximum Gasteiger partial charge on any atom is 0.118 e. The molecule has 150 valence electrons. The summed E-state index contributed by atoms with van der Waals surface area (Å²) >= 11 is 0. The van der Waals surface area contributed by atoms with Crippen LogP contribution in [-0.4, -0.2) is 25.7 Å². The molecule has 1 aliphatic heterocycles. The van der Waals surface area contributed by atoms with Crippen LogP contribution in [-0.2, 0) is 6.54 Å². The molecule has 1 fully saturated rings. The average Bonchev–Trinajstić information content (AvgIpc) is 2.80. The molecule has 3 heteroatoms. The number of hydrogen-bond donors (Lipinski definition) is 2. The van der Waals surface area contributed by atoms with Gasteiger partial charge in [0.05, 0.1) is 7.11 Å². The third kappa shape index (κ3) is 5.06. The van der Waals surface area contributed by atoms with Gasteiger partial charge in [-0.15, -0.1) is 0 Å². The van der Waals surface area contributed by atoms with Crippen LogP contribution in [0.1, 0.15) is 35.4 Å². The summed E-state index contributed by atoms with van der Waals surface area (Å²) in [6.07, 6.45) is 2.35. The largest absolute Gasteiger partial charge is 0.497 e. The fourth-order valence-corrected chi connectivity index (χ4v) is 4.32. The molecule has 3 nitrogen and oxygen atoms in total. The normalized spacial score (nSPS) is 19.2. The Kier molecular flexibility index (Phi) is 6.60. The molecular weight excluding hydrogens is 356 g/mol. The number of rotatable bonds is 7. The fraction of sp³-hybridized carbons (Fsp3) is 0.308. The Hall–Kier alpha value is -2.62. The Morgan fingerprint density at radius 1 is 0.862 bits per heavy atom. The van der Waals surface area contributed by atoms with E-state index >= 15 is 0 Å². The molecular formula is C26H30N2O. The maximum atomic E-state index is 5.24. The van der Waals surface area contributed by atoms with Gasteiger partial charge in [-0.2, -0.15) is 0 Å². The van der Waals surface area contributed by atoms with Crippen LogP contribution in [0.25, 0.3) is 0 Å². The quantitative estimate of drug-likeness (QED) is 0.615. The number of ether oxygens (including phenoxy) is 1. The molecule has 29 heavy (non-hydrogen) atoms. The van der Waals surface area contributed by atoms with Crippen molar-refractivity contribution in [3.05, 3.63) is 102 Å². The van der Waals surface area contributed by atoms with Crippen molar-refractivity contribution < 1.29 is 4.74 Å². The third-order valence-electron chi connectivity index (χ3n) is 5.93. The summed E-state index contributed by atoms with van der Waals surface area (Å²) in [5.41, 5.74) is 4.07. The minimum absolute atomic E-state index is 0.389. The van der Waals surface area contributed by atoms with Crippen LogP contribution in [0, 0.1) is 0 Å². The zero-order valence-corrected chi connectivity index (χ0v) is 17.1. The lowest BCUT2D eigenvalue weighted by molar-refractivity contribution is 0.307. The molecule has 0 radical (unpaired) electrons. The summed E-state index contributed by atoms with van der Waals surface area (Å²) in [5, 5.41) is 7.55. The summed E-state index contributed by atoms with van der Waals surface area (Å²) in [5.74, 6) is 1.30. The first kappa shape index (κ1) is 19.7.